The predicted molar refractivity (Wildman–Crippen MR) is 288 cm³/mol. The van der Waals surface area contributed by atoms with E-state index < -0.39 is 10.8 Å². The van der Waals surface area contributed by atoms with E-state index >= 15 is 0 Å². The van der Waals surface area contributed by atoms with Crippen LogP contribution in [0, 0.1) is 0 Å². The van der Waals surface area contributed by atoms with Crippen molar-refractivity contribution < 1.29 is 4.42 Å². The Morgan fingerprint density at radius 2 is 0.671 bits per heavy atom. The van der Waals surface area contributed by atoms with Gasteiger partial charge in [0, 0.05) is 33.4 Å². The molecule has 0 amide bonds. The first kappa shape index (κ1) is 40.1. The second kappa shape index (κ2) is 15.8. The van der Waals surface area contributed by atoms with Crippen molar-refractivity contribution in [1.29, 1.82) is 0 Å². The standard InChI is InChI=1S/C68H45NO/c1-4-19-47(20-5-1)67(61-31-14-10-25-55(61)56-26-11-15-32-62(56)67)50-37-41-52(42-38-50)69(51-39-35-46(36-40-51)54-29-18-30-60-59-28-13-17-34-65(59)70-66(54)60)53-43-44-58-57-27-12-16-33-63(57)68(64(58)45-53,48-21-6-2-7-22-48)49-23-8-3-9-24-49/h1-45H. The minimum absolute atomic E-state index is 0.499. The number of anilines is 3. The van der Waals surface area contributed by atoms with Gasteiger partial charge in [0.05, 0.1) is 10.8 Å². The number of hydrogen-bond acceptors (Lipinski definition) is 2. The molecule has 11 aromatic carbocycles. The summed E-state index contributed by atoms with van der Waals surface area (Å²) in [6.45, 7) is 0. The summed E-state index contributed by atoms with van der Waals surface area (Å²) >= 11 is 0. The summed E-state index contributed by atoms with van der Waals surface area (Å²) in [6, 6.07) is 100. The van der Waals surface area contributed by atoms with Gasteiger partial charge < -0.3 is 9.32 Å². The lowest BCUT2D eigenvalue weighted by Crippen LogP contribution is -2.29. The lowest BCUT2D eigenvalue weighted by molar-refractivity contribution is 0.670. The van der Waals surface area contributed by atoms with Gasteiger partial charge in [-0.3, -0.25) is 0 Å². The zero-order chi connectivity index (χ0) is 46.2. The molecule has 0 saturated carbocycles. The van der Waals surface area contributed by atoms with Crippen molar-refractivity contribution in [3.63, 3.8) is 0 Å². The highest BCUT2D eigenvalue weighted by Gasteiger charge is 2.47. The molecular weight excluding hydrogens is 847 g/mol. The van der Waals surface area contributed by atoms with E-state index in [0.29, 0.717) is 0 Å². The zero-order valence-electron chi connectivity index (χ0n) is 38.3. The van der Waals surface area contributed by atoms with E-state index in [1.807, 2.05) is 6.07 Å². The molecule has 14 rings (SSSR count). The van der Waals surface area contributed by atoms with Gasteiger partial charge in [0.25, 0.3) is 0 Å². The Balaban J connectivity index is 0.977. The summed E-state index contributed by atoms with van der Waals surface area (Å²) in [5.41, 5.74) is 21.4. The van der Waals surface area contributed by atoms with E-state index in [9.17, 15) is 0 Å². The third-order valence-electron chi connectivity index (χ3n) is 15.3. The van der Waals surface area contributed by atoms with Crippen molar-refractivity contribution in [3.8, 4) is 33.4 Å². The number of rotatable bonds is 8. The van der Waals surface area contributed by atoms with Gasteiger partial charge in [-0.1, -0.05) is 231 Å². The Hall–Kier alpha value is -8.98. The Kier molecular flexibility index (Phi) is 9.06. The summed E-state index contributed by atoms with van der Waals surface area (Å²) in [7, 11) is 0. The molecule has 70 heavy (non-hydrogen) atoms. The number of benzene rings is 11. The van der Waals surface area contributed by atoms with Crippen LogP contribution in [-0.2, 0) is 10.8 Å². The topological polar surface area (TPSA) is 16.4 Å². The highest BCUT2D eigenvalue weighted by atomic mass is 16.3. The quantitative estimate of drug-likeness (QED) is 0.151. The van der Waals surface area contributed by atoms with Crippen LogP contribution in [0.15, 0.2) is 277 Å². The van der Waals surface area contributed by atoms with Crippen molar-refractivity contribution in [2.75, 3.05) is 4.90 Å². The summed E-state index contributed by atoms with van der Waals surface area (Å²) in [5, 5.41) is 2.25. The second-order valence-electron chi connectivity index (χ2n) is 18.7. The maximum absolute atomic E-state index is 6.54. The van der Waals surface area contributed by atoms with Gasteiger partial charge in [0.2, 0.25) is 0 Å². The van der Waals surface area contributed by atoms with Crippen LogP contribution in [-0.4, -0.2) is 0 Å². The third-order valence-corrected chi connectivity index (χ3v) is 15.3. The number of para-hydroxylation sites is 2. The van der Waals surface area contributed by atoms with E-state index in [4.69, 9.17) is 4.42 Å². The van der Waals surface area contributed by atoms with E-state index in [1.165, 1.54) is 66.8 Å². The molecule has 0 fully saturated rings. The lowest BCUT2D eigenvalue weighted by atomic mass is 9.67. The van der Waals surface area contributed by atoms with Crippen molar-refractivity contribution in [1.82, 2.24) is 0 Å². The van der Waals surface area contributed by atoms with Crippen LogP contribution >= 0.6 is 0 Å². The van der Waals surface area contributed by atoms with Gasteiger partial charge in [0.1, 0.15) is 11.2 Å². The molecule has 0 aliphatic heterocycles. The molecule has 328 valence electrons. The predicted octanol–water partition coefficient (Wildman–Crippen LogP) is 17.4. The van der Waals surface area contributed by atoms with Crippen LogP contribution in [0.3, 0.4) is 0 Å². The molecule has 2 nitrogen and oxygen atoms in total. The van der Waals surface area contributed by atoms with Gasteiger partial charge in [-0.15, -0.1) is 0 Å². The average molecular weight is 892 g/mol. The summed E-state index contributed by atoms with van der Waals surface area (Å²) in [5.74, 6) is 0. The smallest absolute Gasteiger partial charge is 0.143 e. The Bertz CT molecular complexity index is 3840. The van der Waals surface area contributed by atoms with Gasteiger partial charge in [-0.2, -0.15) is 0 Å². The van der Waals surface area contributed by atoms with E-state index in [0.717, 1.165) is 50.1 Å². The monoisotopic (exact) mass is 891 g/mol. The SMILES string of the molecule is c1ccc(C2(c3ccc(N(c4ccc(-c5cccc6c5oc5ccccc56)cc4)c4ccc5c(c4)C(c4ccccc4)(c4ccccc4)c4ccccc4-5)cc3)c3ccccc3-c3ccccc32)cc1. The van der Waals surface area contributed by atoms with Gasteiger partial charge in [-0.25, -0.2) is 0 Å². The molecule has 0 saturated heterocycles. The summed E-state index contributed by atoms with van der Waals surface area (Å²) in [6.07, 6.45) is 0. The van der Waals surface area contributed by atoms with Crippen molar-refractivity contribution in [2.24, 2.45) is 0 Å². The maximum Gasteiger partial charge on any atom is 0.143 e. The molecule has 0 spiro atoms. The molecule has 2 aliphatic rings. The first-order valence-corrected chi connectivity index (χ1v) is 24.2. The molecule has 2 heteroatoms. The van der Waals surface area contributed by atoms with Crippen LogP contribution in [0.1, 0.15) is 44.5 Å². The highest BCUT2D eigenvalue weighted by molar-refractivity contribution is 6.09. The van der Waals surface area contributed by atoms with Crippen LogP contribution < -0.4 is 4.90 Å². The van der Waals surface area contributed by atoms with Crippen LogP contribution in [0.2, 0.25) is 0 Å². The average Bonchev–Trinajstić information content (AvgIpc) is 4.07. The molecule has 1 heterocycles. The normalized spacial score (nSPS) is 13.7. The van der Waals surface area contributed by atoms with Crippen molar-refractivity contribution >= 4 is 39.0 Å². The fourth-order valence-corrected chi connectivity index (χ4v) is 12.4. The maximum atomic E-state index is 6.54. The third kappa shape index (κ3) is 5.74. The van der Waals surface area contributed by atoms with E-state index in [2.05, 4.69) is 272 Å². The van der Waals surface area contributed by atoms with Crippen LogP contribution in [0.4, 0.5) is 17.1 Å². The van der Waals surface area contributed by atoms with Gasteiger partial charge >= 0.3 is 0 Å². The molecule has 0 N–H and O–H groups in total. The lowest BCUT2D eigenvalue weighted by Gasteiger charge is -2.35. The number of fused-ring (bicyclic) bond motifs is 9. The van der Waals surface area contributed by atoms with Crippen molar-refractivity contribution in [3.05, 3.63) is 317 Å². The van der Waals surface area contributed by atoms with Gasteiger partial charge in [0.15, 0.2) is 0 Å². The zero-order valence-corrected chi connectivity index (χ0v) is 38.3. The number of hydrogen-bond donors (Lipinski definition) is 0. The Morgan fingerprint density at radius 1 is 0.271 bits per heavy atom. The highest BCUT2D eigenvalue weighted by Crippen LogP contribution is 2.59. The van der Waals surface area contributed by atoms with Crippen LogP contribution in [0.5, 0.6) is 0 Å². The van der Waals surface area contributed by atoms with E-state index in [1.54, 1.807) is 0 Å². The Morgan fingerprint density at radius 3 is 1.23 bits per heavy atom. The largest absolute Gasteiger partial charge is 0.455 e. The molecule has 12 aromatic rings. The molecule has 0 bridgehead atoms. The molecule has 2 aliphatic carbocycles. The summed E-state index contributed by atoms with van der Waals surface area (Å²) in [4.78, 5) is 2.44. The minimum Gasteiger partial charge on any atom is -0.455 e. The molecule has 1 aromatic heterocycles. The molecule has 0 unspecified atom stereocenters. The molecule has 0 radical (unpaired) electrons. The molecular formula is C68H45NO. The van der Waals surface area contributed by atoms with E-state index in [-0.39, 0.29) is 0 Å². The summed E-state index contributed by atoms with van der Waals surface area (Å²) < 4.78 is 6.54. The fourth-order valence-electron chi connectivity index (χ4n) is 12.4. The van der Waals surface area contributed by atoms with Crippen molar-refractivity contribution in [2.45, 2.75) is 10.8 Å². The minimum atomic E-state index is -0.541. The first-order chi connectivity index (χ1) is 34.7. The first-order valence-electron chi connectivity index (χ1n) is 24.2. The number of nitrogens with zero attached hydrogens (tertiary/aromatic N) is 1. The van der Waals surface area contributed by atoms with Gasteiger partial charge in [-0.05, 0) is 115 Å². The second-order valence-corrected chi connectivity index (χ2v) is 18.7. The fraction of sp³-hybridized carbons (Fsp3) is 0.0294. The molecule has 0 atom stereocenters. The van der Waals surface area contributed by atoms with Crippen LogP contribution in [0.25, 0.3) is 55.3 Å². The Labute approximate surface area is 408 Å². The number of furan rings is 1.